The molecule has 2 N–H and O–H groups in total. The molecular formula is C18H16N2O3S. The molecule has 0 aliphatic rings. The average Bonchev–Trinajstić information content (AvgIpc) is 3.04. The molecule has 1 aromatic heterocycles. The summed E-state index contributed by atoms with van der Waals surface area (Å²) < 4.78 is 1.92. The number of hydrogen-bond acceptors (Lipinski definition) is 5. The predicted molar refractivity (Wildman–Crippen MR) is 93.1 cm³/mol. The minimum absolute atomic E-state index is 0.145. The first-order chi connectivity index (χ1) is 11.5. The van der Waals surface area contributed by atoms with Crippen molar-refractivity contribution in [2.75, 3.05) is 5.75 Å². The van der Waals surface area contributed by atoms with Crippen molar-refractivity contribution in [3.63, 3.8) is 0 Å². The van der Waals surface area contributed by atoms with Crippen LogP contribution < -0.4 is 0 Å². The summed E-state index contributed by atoms with van der Waals surface area (Å²) in [6.45, 7) is 2.03. The molecule has 0 fully saturated rings. The third-order valence-electron chi connectivity index (χ3n) is 3.55. The Morgan fingerprint density at radius 2 is 1.88 bits per heavy atom. The Balaban J connectivity index is 1.73. The number of phenols is 2. The summed E-state index contributed by atoms with van der Waals surface area (Å²) in [6.07, 6.45) is 3.54. The number of carbonyl (C=O) groups excluding carboxylic acids is 1. The molecule has 0 atom stereocenters. The molecule has 24 heavy (non-hydrogen) atoms. The molecule has 0 amide bonds. The number of aryl methyl sites for hydroxylation is 1. The first kappa shape index (κ1) is 16.1. The maximum absolute atomic E-state index is 12.2. The van der Waals surface area contributed by atoms with Gasteiger partial charge in [-0.25, -0.2) is 4.98 Å². The normalized spacial score (nSPS) is 10.7. The van der Waals surface area contributed by atoms with E-state index < -0.39 is 0 Å². The van der Waals surface area contributed by atoms with Crippen LogP contribution in [0.25, 0.3) is 5.69 Å². The van der Waals surface area contributed by atoms with E-state index in [4.69, 9.17) is 0 Å². The van der Waals surface area contributed by atoms with Crippen LogP contribution >= 0.6 is 11.8 Å². The van der Waals surface area contributed by atoms with Crippen molar-refractivity contribution in [1.82, 2.24) is 9.55 Å². The fraction of sp³-hybridized carbons (Fsp3) is 0.111. The van der Waals surface area contributed by atoms with Crippen molar-refractivity contribution in [2.45, 2.75) is 12.1 Å². The largest absolute Gasteiger partial charge is 0.504 e. The fourth-order valence-electron chi connectivity index (χ4n) is 2.21. The van der Waals surface area contributed by atoms with Gasteiger partial charge in [0.1, 0.15) is 0 Å². The van der Waals surface area contributed by atoms with Crippen LogP contribution in [0, 0.1) is 6.92 Å². The molecule has 0 aliphatic carbocycles. The van der Waals surface area contributed by atoms with Gasteiger partial charge in [0.15, 0.2) is 22.4 Å². The Kier molecular flexibility index (Phi) is 4.57. The van der Waals surface area contributed by atoms with E-state index in [2.05, 4.69) is 4.98 Å². The van der Waals surface area contributed by atoms with Gasteiger partial charge < -0.3 is 10.2 Å². The maximum atomic E-state index is 12.2. The van der Waals surface area contributed by atoms with E-state index in [0.29, 0.717) is 5.56 Å². The van der Waals surface area contributed by atoms with E-state index in [9.17, 15) is 15.0 Å². The highest BCUT2D eigenvalue weighted by atomic mass is 32.2. The number of benzene rings is 2. The van der Waals surface area contributed by atoms with E-state index in [1.165, 1.54) is 35.5 Å². The molecule has 0 radical (unpaired) electrons. The second-order valence-corrected chi connectivity index (χ2v) is 6.27. The number of thioether (sulfide) groups is 1. The van der Waals surface area contributed by atoms with Crippen LogP contribution in [0.1, 0.15) is 15.9 Å². The van der Waals surface area contributed by atoms with Gasteiger partial charge in [-0.05, 0) is 37.3 Å². The standard InChI is InChI=1S/C18H16N2O3S/c1-12-2-5-14(6-3-12)20-9-8-19-18(20)24-11-17(23)13-4-7-15(21)16(22)10-13/h2-10,21-22H,11H2,1H3. The summed E-state index contributed by atoms with van der Waals surface area (Å²) >= 11 is 1.32. The molecule has 0 aliphatic heterocycles. The molecule has 0 bridgehead atoms. The van der Waals surface area contributed by atoms with Crippen molar-refractivity contribution in [3.05, 3.63) is 66.0 Å². The van der Waals surface area contributed by atoms with Gasteiger partial charge in [0.2, 0.25) is 0 Å². The number of hydrogen-bond donors (Lipinski definition) is 2. The van der Waals surface area contributed by atoms with Crippen molar-refractivity contribution in [2.24, 2.45) is 0 Å². The monoisotopic (exact) mass is 340 g/mol. The van der Waals surface area contributed by atoms with Crippen LogP contribution in [0.5, 0.6) is 11.5 Å². The third-order valence-corrected chi connectivity index (χ3v) is 4.52. The molecule has 6 heteroatoms. The summed E-state index contributed by atoms with van der Waals surface area (Å²) in [4.78, 5) is 16.5. The second-order valence-electron chi connectivity index (χ2n) is 5.33. The van der Waals surface area contributed by atoms with E-state index >= 15 is 0 Å². The number of Topliss-reactive ketones (excluding diaryl/α,β-unsaturated/α-hetero) is 1. The first-order valence-corrected chi connectivity index (χ1v) is 8.31. The van der Waals surface area contributed by atoms with Crippen molar-refractivity contribution in [1.29, 1.82) is 0 Å². The summed E-state index contributed by atoms with van der Waals surface area (Å²) in [7, 11) is 0. The molecule has 0 spiro atoms. The van der Waals surface area contributed by atoms with Gasteiger partial charge in [0, 0.05) is 23.6 Å². The zero-order chi connectivity index (χ0) is 17.1. The molecule has 1 heterocycles. The summed E-state index contributed by atoms with van der Waals surface area (Å²) in [5.41, 5.74) is 2.51. The number of rotatable bonds is 5. The van der Waals surface area contributed by atoms with Crippen LogP contribution in [-0.2, 0) is 0 Å². The maximum Gasteiger partial charge on any atom is 0.173 e. The summed E-state index contributed by atoms with van der Waals surface area (Å²) in [5, 5.41) is 19.5. The second kappa shape index (κ2) is 6.80. The van der Waals surface area contributed by atoms with Crippen molar-refractivity contribution >= 4 is 17.5 Å². The van der Waals surface area contributed by atoms with E-state index in [1.807, 2.05) is 42.0 Å². The third kappa shape index (κ3) is 3.44. The molecule has 5 nitrogen and oxygen atoms in total. The van der Waals surface area contributed by atoms with Crippen molar-refractivity contribution < 1.29 is 15.0 Å². The van der Waals surface area contributed by atoms with Gasteiger partial charge in [-0.2, -0.15) is 0 Å². The molecule has 2 aromatic carbocycles. The zero-order valence-corrected chi connectivity index (χ0v) is 13.8. The molecule has 122 valence electrons. The SMILES string of the molecule is Cc1ccc(-n2ccnc2SCC(=O)c2ccc(O)c(O)c2)cc1. The van der Waals surface area contributed by atoms with E-state index in [-0.39, 0.29) is 23.0 Å². The number of ketones is 1. The highest BCUT2D eigenvalue weighted by molar-refractivity contribution is 7.99. The number of aromatic nitrogens is 2. The lowest BCUT2D eigenvalue weighted by Gasteiger charge is -2.08. The van der Waals surface area contributed by atoms with Crippen LogP contribution in [0.2, 0.25) is 0 Å². The van der Waals surface area contributed by atoms with Crippen LogP contribution in [0.4, 0.5) is 0 Å². The zero-order valence-electron chi connectivity index (χ0n) is 13.0. The minimum Gasteiger partial charge on any atom is -0.504 e. The Labute approximate surface area is 143 Å². The Morgan fingerprint density at radius 1 is 1.12 bits per heavy atom. The van der Waals surface area contributed by atoms with Crippen LogP contribution in [-0.4, -0.2) is 31.3 Å². The van der Waals surface area contributed by atoms with Crippen LogP contribution in [0.3, 0.4) is 0 Å². The van der Waals surface area contributed by atoms with Gasteiger partial charge >= 0.3 is 0 Å². The molecule has 0 unspecified atom stereocenters. The smallest absolute Gasteiger partial charge is 0.173 e. The Hall–Kier alpha value is -2.73. The number of phenolic OH excluding ortho intramolecular Hbond substituents is 2. The highest BCUT2D eigenvalue weighted by Gasteiger charge is 2.12. The minimum atomic E-state index is -0.299. The number of aromatic hydroxyl groups is 2. The Morgan fingerprint density at radius 3 is 2.58 bits per heavy atom. The fourth-order valence-corrected chi connectivity index (χ4v) is 3.08. The lowest BCUT2D eigenvalue weighted by atomic mass is 10.1. The van der Waals surface area contributed by atoms with Crippen molar-refractivity contribution in [3.8, 4) is 17.2 Å². The Bertz CT molecular complexity index is 872. The van der Waals surface area contributed by atoms with Gasteiger partial charge in [-0.3, -0.25) is 9.36 Å². The lowest BCUT2D eigenvalue weighted by molar-refractivity contribution is 0.102. The average molecular weight is 340 g/mol. The van der Waals surface area contributed by atoms with Crippen LogP contribution in [0.15, 0.2) is 60.0 Å². The highest BCUT2D eigenvalue weighted by Crippen LogP contribution is 2.27. The molecular weight excluding hydrogens is 324 g/mol. The topological polar surface area (TPSA) is 75.4 Å². The number of carbonyl (C=O) groups is 1. The first-order valence-electron chi connectivity index (χ1n) is 7.33. The number of nitrogens with zero attached hydrogens (tertiary/aromatic N) is 2. The van der Waals surface area contributed by atoms with E-state index in [1.54, 1.807) is 6.20 Å². The van der Waals surface area contributed by atoms with Gasteiger partial charge in [0.25, 0.3) is 0 Å². The molecule has 0 saturated carbocycles. The van der Waals surface area contributed by atoms with Gasteiger partial charge in [-0.1, -0.05) is 29.5 Å². The van der Waals surface area contributed by atoms with E-state index in [0.717, 1.165) is 10.8 Å². The summed E-state index contributed by atoms with van der Waals surface area (Å²) in [5.74, 6) is -0.498. The lowest BCUT2D eigenvalue weighted by Crippen LogP contribution is -2.04. The predicted octanol–water partition coefficient (Wildman–Crippen LogP) is 3.57. The molecule has 3 aromatic rings. The van der Waals surface area contributed by atoms with Gasteiger partial charge in [0.05, 0.1) is 5.75 Å². The van der Waals surface area contributed by atoms with Gasteiger partial charge in [-0.15, -0.1) is 0 Å². The number of imidazole rings is 1. The molecule has 3 rings (SSSR count). The molecule has 0 saturated heterocycles. The quantitative estimate of drug-likeness (QED) is 0.422. The summed E-state index contributed by atoms with van der Waals surface area (Å²) in [6, 6.07) is 12.1.